The Hall–Kier alpha value is -0.860. The Morgan fingerprint density at radius 3 is 2.50 bits per heavy atom. The smallest absolute Gasteiger partial charge is 0.137 e. The molecule has 0 fully saturated rings. The minimum absolute atomic E-state index is 0.972. The molecular formula is C7H15N3. The molecule has 0 radical (unpaired) electrons. The first kappa shape index (κ1) is 9.14. The molecule has 3 heteroatoms. The van der Waals surface area contributed by atoms with Crippen molar-refractivity contribution in [3.05, 3.63) is 12.7 Å². The molecule has 10 heavy (non-hydrogen) atoms. The fourth-order valence-electron chi connectivity index (χ4n) is 0.577. The van der Waals surface area contributed by atoms with E-state index in [1.165, 1.54) is 0 Å². The Kier molecular flexibility index (Phi) is 5.72. The molecule has 0 saturated carbocycles. The third kappa shape index (κ3) is 3.22. The highest BCUT2D eigenvalue weighted by atomic mass is 15.3. The molecule has 1 aromatic heterocycles. The molecule has 0 unspecified atom stereocenters. The van der Waals surface area contributed by atoms with E-state index in [-0.39, 0.29) is 0 Å². The predicted molar refractivity (Wildman–Crippen MR) is 41.7 cm³/mol. The van der Waals surface area contributed by atoms with Gasteiger partial charge in [0.05, 0.1) is 0 Å². The monoisotopic (exact) mass is 141 g/mol. The van der Waals surface area contributed by atoms with E-state index in [0.29, 0.717) is 0 Å². The van der Waals surface area contributed by atoms with Gasteiger partial charge < -0.3 is 0 Å². The van der Waals surface area contributed by atoms with Crippen LogP contribution in [0.4, 0.5) is 0 Å². The second kappa shape index (κ2) is 6.26. The molecule has 0 N–H and O–H groups in total. The minimum atomic E-state index is 0.972. The molecule has 0 spiro atoms. The van der Waals surface area contributed by atoms with Crippen molar-refractivity contribution in [3.8, 4) is 0 Å². The lowest BCUT2D eigenvalue weighted by Crippen LogP contribution is -1.95. The van der Waals surface area contributed by atoms with Gasteiger partial charge in [-0.3, -0.25) is 4.68 Å². The Morgan fingerprint density at radius 1 is 1.40 bits per heavy atom. The fourth-order valence-corrected chi connectivity index (χ4v) is 0.577. The van der Waals surface area contributed by atoms with Crippen LogP contribution >= 0.6 is 0 Å². The van der Waals surface area contributed by atoms with E-state index >= 15 is 0 Å². The van der Waals surface area contributed by atoms with Crippen molar-refractivity contribution in [1.29, 1.82) is 0 Å². The summed E-state index contributed by atoms with van der Waals surface area (Å²) in [6.07, 6.45) is 4.39. The highest BCUT2D eigenvalue weighted by Crippen LogP contribution is 1.82. The number of hydrogen-bond acceptors (Lipinski definition) is 2. The minimum Gasteiger partial charge on any atom is -0.253 e. The van der Waals surface area contributed by atoms with Gasteiger partial charge in [0.2, 0.25) is 0 Å². The van der Waals surface area contributed by atoms with Crippen molar-refractivity contribution in [1.82, 2.24) is 14.8 Å². The Labute approximate surface area is 62.1 Å². The Bertz CT molecular complexity index is 135. The maximum Gasteiger partial charge on any atom is 0.137 e. The van der Waals surface area contributed by atoms with Crippen LogP contribution in [0.3, 0.4) is 0 Å². The van der Waals surface area contributed by atoms with E-state index in [1.807, 2.05) is 18.5 Å². The summed E-state index contributed by atoms with van der Waals surface area (Å²) in [6, 6.07) is 0. The molecule has 0 aliphatic rings. The molecule has 3 nitrogen and oxygen atoms in total. The number of nitrogens with zero attached hydrogens (tertiary/aromatic N) is 3. The van der Waals surface area contributed by atoms with Gasteiger partial charge >= 0.3 is 0 Å². The molecule has 0 amide bonds. The maximum absolute atomic E-state index is 3.91. The SMILES string of the molecule is CC.CCCn1cncn1. The molecule has 1 aromatic rings. The van der Waals surface area contributed by atoms with Crippen molar-refractivity contribution in [2.75, 3.05) is 0 Å². The lowest BCUT2D eigenvalue weighted by atomic mass is 10.5. The summed E-state index contributed by atoms with van der Waals surface area (Å²) in [6.45, 7) is 7.08. The van der Waals surface area contributed by atoms with Gasteiger partial charge in [-0.05, 0) is 6.42 Å². The van der Waals surface area contributed by atoms with Gasteiger partial charge in [0.15, 0.2) is 0 Å². The van der Waals surface area contributed by atoms with Crippen molar-refractivity contribution < 1.29 is 0 Å². The first-order chi connectivity index (χ1) is 4.93. The first-order valence-electron chi connectivity index (χ1n) is 3.76. The van der Waals surface area contributed by atoms with Crippen LogP contribution in [0.25, 0.3) is 0 Å². The van der Waals surface area contributed by atoms with E-state index in [9.17, 15) is 0 Å². The first-order valence-corrected chi connectivity index (χ1v) is 3.76. The molecule has 0 aliphatic carbocycles. The number of hydrogen-bond donors (Lipinski definition) is 0. The summed E-state index contributed by atoms with van der Waals surface area (Å²) in [4.78, 5) is 3.79. The molecule has 58 valence electrons. The topological polar surface area (TPSA) is 30.7 Å². The van der Waals surface area contributed by atoms with Gasteiger partial charge in [-0.25, -0.2) is 4.98 Å². The zero-order valence-corrected chi connectivity index (χ0v) is 6.91. The maximum atomic E-state index is 3.91. The van der Waals surface area contributed by atoms with Crippen LogP contribution in [0.2, 0.25) is 0 Å². The highest BCUT2D eigenvalue weighted by Gasteiger charge is 1.83. The quantitative estimate of drug-likeness (QED) is 0.627. The van der Waals surface area contributed by atoms with Crippen LogP contribution in [0.1, 0.15) is 27.2 Å². The predicted octanol–water partition coefficient (Wildman–Crippen LogP) is 1.71. The van der Waals surface area contributed by atoms with E-state index in [1.54, 1.807) is 12.7 Å². The van der Waals surface area contributed by atoms with Crippen molar-refractivity contribution in [2.45, 2.75) is 33.7 Å². The van der Waals surface area contributed by atoms with Gasteiger partial charge in [-0.15, -0.1) is 0 Å². The van der Waals surface area contributed by atoms with Crippen LogP contribution < -0.4 is 0 Å². The van der Waals surface area contributed by atoms with Gasteiger partial charge in [-0.1, -0.05) is 20.8 Å². The molecular weight excluding hydrogens is 126 g/mol. The van der Waals surface area contributed by atoms with Crippen LogP contribution in [-0.4, -0.2) is 14.8 Å². The normalized spacial score (nSPS) is 8.30. The summed E-state index contributed by atoms with van der Waals surface area (Å²) in [5.41, 5.74) is 0. The third-order valence-corrected chi connectivity index (χ3v) is 0.919. The van der Waals surface area contributed by atoms with E-state index in [2.05, 4.69) is 17.0 Å². The number of aromatic nitrogens is 3. The largest absolute Gasteiger partial charge is 0.253 e. The third-order valence-electron chi connectivity index (χ3n) is 0.919. The number of aryl methyl sites for hydroxylation is 1. The molecule has 1 rings (SSSR count). The summed E-state index contributed by atoms with van der Waals surface area (Å²) in [5.74, 6) is 0. The Morgan fingerprint density at radius 2 is 2.10 bits per heavy atom. The standard InChI is InChI=1S/C5H9N3.C2H6/c1-2-3-8-5-6-4-7-8;1-2/h4-5H,2-3H2,1H3;1-2H3. The van der Waals surface area contributed by atoms with Gasteiger partial charge in [0.25, 0.3) is 0 Å². The molecule has 0 bridgehead atoms. The lowest BCUT2D eigenvalue weighted by molar-refractivity contribution is 0.601. The van der Waals surface area contributed by atoms with Crippen LogP contribution in [-0.2, 0) is 6.54 Å². The fraction of sp³-hybridized carbons (Fsp3) is 0.714. The molecule has 0 saturated heterocycles. The van der Waals surface area contributed by atoms with E-state index in [0.717, 1.165) is 13.0 Å². The zero-order chi connectivity index (χ0) is 7.82. The van der Waals surface area contributed by atoms with Crippen LogP contribution in [0.5, 0.6) is 0 Å². The average Bonchev–Trinajstić information content (AvgIpc) is 2.46. The van der Waals surface area contributed by atoms with E-state index in [4.69, 9.17) is 0 Å². The average molecular weight is 141 g/mol. The van der Waals surface area contributed by atoms with Crippen LogP contribution in [0.15, 0.2) is 12.7 Å². The van der Waals surface area contributed by atoms with Crippen molar-refractivity contribution in [3.63, 3.8) is 0 Å². The van der Waals surface area contributed by atoms with Gasteiger partial charge in [-0.2, -0.15) is 5.10 Å². The van der Waals surface area contributed by atoms with Gasteiger partial charge in [0.1, 0.15) is 12.7 Å². The van der Waals surface area contributed by atoms with Crippen LogP contribution in [0, 0.1) is 0 Å². The summed E-state index contributed by atoms with van der Waals surface area (Å²) < 4.78 is 1.82. The molecule has 0 aromatic carbocycles. The summed E-state index contributed by atoms with van der Waals surface area (Å²) >= 11 is 0. The molecule has 0 atom stereocenters. The van der Waals surface area contributed by atoms with E-state index < -0.39 is 0 Å². The zero-order valence-electron chi connectivity index (χ0n) is 6.91. The summed E-state index contributed by atoms with van der Waals surface area (Å²) in [5, 5.41) is 3.91. The van der Waals surface area contributed by atoms with Gasteiger partial charge in [0, 0.05) is 6.54 Å². The van der Waals surface area contributed by atoms with Crippen molar-refractivity contribution in [2.24, 2.45) is 0 Å². The molecule has 0 aliphatic heterocycles. The van der Waals surface area contributed by atoms with Crippen molar-refractivity contribution >= 4 is 0 Å². The lowest BCUT2D eigenvalue weighted by Gasteiger charge is -1.91. The molecule has 1 heterocycles. The highest BCUT2D eigenvalue weighted by molar-refractivity contribution is 4.54. The Balaban J connectivity index is 0.000000371. The second-order valence-corrected chi connectivity index (χ2v) is 1.66. The summed E-state index contributed by atoms with van der Waals surface area (Å²) in [7, 11) is 0. The second-order valence-electron chi connectivity index (χ2n) is 1.66. The number of rotatable bonds is 2.